The van der Waals surface area contributed by atoms with Crippen molar-refractivity contribution in [1.82, 2.24) is 0 Å². The third kappa shape index (κ3) is 17.8. The van der Waals surface area contributed by atoms with Crippen LogP contribution < -0.4 is 0 Å². The summed E-state index contributed by atoms with van der Waals surface area (Å²) in [5.74, 6) is -0.0979. The molecule has 0 saturated carbocycles. The van der Waals surface area contributed by atoms with Gasteiger partial charge in [-0.2, -0.15) is 0 Å². The van der Waals surface area contributed by atoms with Gasteiger partial charge in [0.2, 0.25) is 0 Å². The van der Waals surface area contributed by atoms with E-state index in [1.54, 1.807) is 0 Å². The minimum atomic E-state index is -0.0490. The first-order valence-electron chi connectivity index (χ1n) is 15.1. The van der Waals surface area contributed by atoms with Gasteiger partial charge in [0.25, 0.3) is 0 Å². The molecule has 4 heteroatoms. The van der Waals surface area contributed by atoms with Crippen molar-refractivity contribution in [2.45, 2.75) is 116 Å². The van der Waals surface area contributed by atoms with Crippen molar-refractivity contribution in [2.24, 2.45) is 0 Å². The highest BCUT2D eigenvalue weighted by molar-refractivity contribution is 5.69. The molecule has 38 heavy (non-hydrogen) atoms. The van der Waals surface area contributed by atoms with E-state index in [9.17, 15) is 9.59 Å². The summed E-state index contributed by atoms with van der Waals surface area (Å²) < 4.78 is 10.7. The fraction of sp³-hybridized carbons (Fsp3) is 0.588. The second-order valence-corrected chi connectivity index (χ2v) is 10.4. The maximum Gasteiger partial charge on any atom is 0.305 e. The van der Waals surface area contributed by atoms with Crippen LogP contribution in [-0.2, 0) is 31.9 Å². The summed E-state index contributed by atoms with van der Waals surface area (Å²) >= 11 is 0. The van der Waals surface area contributed by atoms with Crippen LogP contribution in [0, 0.1) is 0 Å². The zero-order chi connectivity index (χ0) is 26.9. The molecule has 0 aromatic heterocycles. The molecule has 2 aromatic rings. The molecule has 0 N–H and O–H groups in total. The number of esters is 2. The number of aryl methyl sites for hydroxylation is 2. The Morgan fingerprint density at radius 1 is 0.421 bits per heavy atom. The summed E-state index contributed by atoms with van der Waals surface area (Å²) in [6.07, 6.45) is 18.4. The molecule has 0 atom stereocenters. The minimum absolute atomic E-state index is 0.0490. The average molecular weight is 523 g/mol. The van der Waals surface area contributed by atoms with E-state index in [0.29, 0.717) is 26.1 Å². The monoisotopic (exact) mass is 522 g/mol. The number of carbonyl (C=O) groups excluding carboxylic acids is 2. The van der Waals surface area contributed by atoms with Crippen LogP contribution in [0.4, 0.5) is 0 Å². The van der Waals surface area contributed by atoms with E-state index >= 15 is 0 Å². The molecule has 0 spiro atoms. The van der Waals surface area contributed by atoms with E-state index in [2.05, 4.69) is 48.5 Å². The Bertz CT molecular complexity index is 763. The summed E-state index contributed by atoms with van der Waals surface area (Å²) in [7, 11) is 0. The van der Waals surface area contributed by atoms with Crippen LogP contribution in [0.2, 0.25) is 0 Å². The highest BCUT2D eigenvalue weighted by atomic mass is 16.5. The predicted octanol–water partition coefficient (Wildman–Crippen LogP) is 8.80. The zero-order valence-electron chi connectivity index (χ0n) is 23.5. The third-order valence-electron chi connectivity index (χ3n) is 6.94. The molecule has 0 heterocycles. The quantitative estimate of drug-likeness (QED) is 0.108. The van der Waals surface area contributed by atoms with E-state index in [1.165, 1.54) is 36.8 Å². The normalized spacial score (nSPS) is 10.8. The molecule has 0 saturated heterocycles. The fourth-order valence-corrected chi connectivity index (χ4v) is 4.62. The van der Waals surface area contributed by atoms with Gasteiger partial charge in [-0.25, -0.2) is 0 Å². The third-order valence-corrected chi connectivity index (χ3v) is 6.94. The topological polar surface area (TPSA) is 52.6 Å². The van der Waals surface area contributed by atoms with Crippen LogP contribution in [0.15, 0.2) is 60.7 Å². The Kier molecular flexibility index (Phi) is 18.6. The van der Waals surface area contributed by atoms with Crippen LogP contribution in [0.5, 0.6) is 0 Å². The molecule has 210 valence electrons. The van der Waals surface area contributed by atoms with Gasteiger partial charge in [-0.05, 0) is 75.3 Å². The van der Waals surface area contributed by atoms with Crippen LogP contribution in [0.25, 0.3) is 0 Å². The second kappa shape index (κ2) is 22.4. The highest BCUT2D eigenvalue weighted by Gasteiger charge is 2.04. The number of ether oxygens (including phenoxy) is 2. The Balaban J connectivity index is 1.26. The first-order chi connectivity index (χ1) is 18.7. The predicted molar refractivity (Wildman–Crippen MR) is 156 cm³/mol. The van der Waals surface area contributed by atoms with Crippen LogP contribution in [0.1, 0.15) is 114 Å². The van der Waals surface area contributed by atoms with E-state index in [4.69, 9.17) is 9.47 Å². The lowest BCUT2D eigenvalue weighted by Gasteiger charge is -2.06. The van der Waals surface area contributed by atoms with Gasteiger partial charge in [0.05, 0.1) is 13.2 Å². The van der Waals surface area contributed by atoms with Gasteiger partial charge in [0.15, 0.2) is 0 Å². The number of unbranched alkanes of at least 4 members (excludes halogenated alkanes) is 11. The van der Waals surface area contributed by atoms with E-state index < -0.39 is 0 Å². The first-order valence-corrected chi connectivity index (χ1v) is 15.1. The first kappa shape index (κ1) is 31.6. The Hall–Kier alpha value is -2.62. The fourth-order valence-electron chi connectivity index (χ4n) is 4.62. The number of hydrogen-bond donors (Lipinski definition) is 0. The molecule has 0 amide bonds. The Morgan fingerprint density at radius 3 is 1.16 bits per heavy atom. The minimum Gasteiger partial charge on any atom is -0.466 e. The zero-order valence-corrected chi connectivity index (χ0v) is 23.5. The molecule has 2 rings (SSSR count). The van der Waals surface area contributed by atoms with E-state index in [1.807, 2.05) is 12.1 Å². The molecule has 0 fully saturated rings. The van der Waals surface area contributed by atoms with Crippen molar-refractivity contribution < 1.29 is 19.1 Å². The lowest BCUT2D eigenvalue weighted by Crippen LogP contribution is -2.05. The standard InChI is InChI=1S/C34H50O4/c35-33(37-29-19-9-15-25-31-21-11-7-12-22-31)27-17-5-3-1-2-4-6-18-28-34(36)38-30-20-10-16-26-32-23-13-8-14-24-32/h7-8,11-14,21-24H,1-6,9-10,15-20,25-30H2. The van der Waals surface area contributed by atoms with Gasteiger partial charge in [-0.3, -0.25) is 9.59 Å². The van der Waals surface area contributed by atoms with Crippen molar-refractivity contribution in [3.63, 3.8) is 0 Å². The number of hydrogen-bond acceptors (Lipinski definition) is 4. The van der Waals surface area contributed by atoms with Crippen molar-refractivity contribution in [3.8, 4) is 0 Å². The molecule has 2 aromatic carbocycles. The van der Waals surface area contributed by atoms with E-state index in [0.717, 1.165) is 77.0 Å². The van der Waals surface area contributed by atoms with Crippen molar-refractivity contribution in [3.05, 3.63) is 71.8 Å². The lowest BCUT2D eigenvalue weighted by molar-refractivity contribution is -0.144. The van der Waals surface area contributed by atoms with Gasteiger partial charge in [-0.15, -0.1) is 0 Å². The van der Waals surface area contributed by atoms with Gasteiger partial charge in [-0.1, -0.05) is 99.2 Å². The second-order valence-electron chi connectivity index (χ2n) is 10.4. The summed E-state index contributed by atoms with van der Waals surface area (Å²) in [6.45, 7) is 1.10. The van der Waals surface area contributed by atoms with Gasteiger partial charge >= 0.3 is 11.9 Å². The van der Waals surface area contributed by atoms with Crippen LogP contribution >= 0.6 is 0 Å². The summed E-state index contributed by atoms with van der Waals surface area (Å²) in [4.78, 5) is 23.7. The molecule has 0 aliphatic heterocycles. The summed E-state index contributed by atoms with van der Waals surface area (Å²) in [6, 6.07) is 21.1. The molecule has 0 aliphatic carbocycles. The van der Waals surface area contributed by atoms with Crippen LogP contribution in [-0.4, -0.2) is 25.2 Å². The molecule has 0 aliphatic rings. The Labute approximate surface area is 231 Å². The van der Waals surface area contributed by atoms with Crippen LogP contribution in [0.3, 0.4) is 0 Å². The summed E-state index contributed by atoms with van der Waals surface area (Å²) in [5, 5.41) is 0. The molecule has 0 radical (unpaired) electrons. The van der Waals surface area contributed by atoms with Crippen molar-refractivity contribution in [1.29, 1.82) is 0 Å². The number of rotatable bonds is 23. The van der Waals surface area contributed by atoms with Gasteiger partial charge < -0.3 is 9.47 Å². The average Bonchev–Trinajstić information content (AvgIpc) is 2.94. The van der Waals surface area contributed by atoms with Crippen molar-refractivity contribution in [2.75, 3.05) is 13.2 Å². The maximum absolute atomic E-state index is 11.9. The van der Waals surface area contributed by atoms with E-state index in [-0.39, 0.29) is 11.9 Å². The summed E-state index contributed by atoms with van der Waals surface area (Å²) in [5.41, 5.74) is 2.75. The van der Waals surface area contributed by atoms with Crippen molar-refractivity contribution >= 4 is 11.9 Å². The molecular formula is C34H50O4. The highest BCUT2D eigenvalue weighted by Crippen LogP contribution is 2.12. The molecule has 0 unspecified atom stereocenters. The van der Waals surface area contributed by atoms with Gasteiger partial charge in [0, 0.05) is 12.8 Å². The Morgan fingerprint density at radius 2 is 0.763 bits per heavy atom. The largest absolute Gasteiger partial charge is 0.466 e. The number of carbonyl (C=O) groups is 2. The molecule has 0 bridgehead atoms. The lowest BCUT2D eigenvalue weighted by atomic mass is 10.1. The smallest absolute Gasteiger partial charge is 0.305 e. The number of benzene rings is 2. The molecule has 4 nitrogen and oxygen atoms in total. The molecular weight excluding hydrogens is 472 g/mol. The van der Waals surface area contributed by atoms with Gasteiger partial charge in [0.1, 0.15) is 0 Å². The maximum atomic E-state index is 11.9. The SMILES string of the molecule is O=C(CCCCCCCCCCC(=O)OCCCCCc1ccccc1)OCCCCCc1ccccc1.